The fourth-order valence-electron chi connectivity index (χ4n) is 2.91. The molecule has 0 saturated carbocycles. The van der Waals surface area contributed by atoms with Crippen molar-refractivity contribution >= 4 is 17.0 Å². The number of carbonyl (C=O) groups is 1. The second-order valence-corrected chi connectivity index (χ2v) is 5.84. The molecule has 0 unspecified atom stereocenters. The second-order valence-electron chi connectivity index (χ2n) is 5.84. The third kappa shape index (κ3) is 3.02. The van der Waals surface area contributed by atoms with E-state index in [2.05, 4.69) is 15.0 Å². The third-order valence-corrected chi connectivity index (χ3v) is 4.01. The van der Waals surface area contributed by atoms with Gasteiger partial charge >= 0.3 is 5.97 Å². The van der Waals surface area contributed by atoms with Gasteiger partial charge in [0.15, 0.2) is 0 Å². The van der Waals surface area contributed by atoms with Gasteiger partial charge in [0.2, 0.25) is 0 Å². The van der Waals surface area contributed by atoms with Crippen molar-refractivity contribution in [3.8, 4) is 11.1 Å². The van der Waals surface area contributed by atoms with E-state index in [1.165, 1.54) is 36.7 Å². The van der Waals surface area contributed by atoms with Crippen molar-refractivity contribution in [1.82, 2.24) is 19.5 Å². The fraction of sp³-hybridized carbons (Fsp3) is 0.0526. The van der Waals surface area contributed by atoms with Crippen LogP contribution < -0.4 is 0 Å². The van der Waals surface area contributed by atoms with E-state index in [1.54, 1.807) is 18.7 Å². The van der Waals surface area contributed by atoms with Crippen molar-refractivity contribution in [2.24, 2.45) is 0 Å². The summed E-state index contributed by atoms with van der Waals surface area (Å²) in [5.74, 6) is -1.48. The number of benzene rings is 2. The van der Waals surface area contributed by atoms with E-state index >= 15 is 0 Å². The highest BCUT2D eigenvalue weighted by atomic mass is 19.1. The van der Waals surface area contributed by atoms with Gasteiger partial charge in [-0.3, -0.25) is 9.97 Å². The monoisotopic (exact) mass is 348 g/mol. The van der Waals surface area contributed by atoms with Crippen molar-refractivity contribution in [3.05, 3.63) is 78.4 Å². The molecule has 6 nitrogen and oxygen atoms in total. The normalized spacial score (nSPS) is 11.0. The second kappa shape index (κ2) is 6.36. The number of imidazole rings is 1. The SMILES string of the molecule is O=C(O)c1cc(-c2cc(F)cc(Cn3ccnc3)c2)c2nccnc2c1. The topological polar surface area (TPSA) is 80.9 Å². The van der Waals surface area contributed by atoms with Gasteiger partial charge in [0.05, 0.1) is 22.9 Å². The summed E-state index contributed by atoms with van der Waals surface area (Å²) in [6.07, 6.45) is 8.11. The van der Waals surface area contributed by atoms with Crippen LogP contribution in [0.2, 0.25) is 0 Å². The molecule has 4 rings (SSSR count). The Balaban J connectivity index is 1.89. The van der Waals surface area contributed by atoms with Crippen LogP contribution in [0.5, 0.6) is 0 Å². The Morgan fingerprint density at radius 1 is 1.08 bits per heavy atom. The number of hydrogen-bond donors (Lipinski definition) is 1. The van der Waals surface area contributed by atoms with Gasteiger partial charge in [-0.25, -0.2) is 14.2 Å². The zero-order valence-corrected chi connectivity index (χ0v) is 13.5. The van der Waals surface area contributed by atoms with Crippen LogP contribution in [0.15, 0.2) is 61.4 Å². The predicted molar refractivity (Wildman–Crippen MR) is 93.2 cm³/mol. The van der Waals surface area contributed by atoms with Gasteiger partial charge < -0.3 is 9.67 Å². The van der Waals surface area contributed by atoms with Crippen molar-refractivity contribution in [2.45, 2.75) is 6.54 Å². The first-order chi connectivity index (χ1) is 12.6. The maximum Gasteiger partial charge on any atom is 0.335 e. The number of hydrogen-bond acceptors (Lipinski definition) is 4. The standard InChI is InChI=1S/C19H13FN4O2/c20-15-6-12(10-24-4-3-21-11-24)5-13(7-15)16-8-14(19(25)26)9-17-18(16)23-2-1-22-17/h1-9,11H,10H2,(H,25,26). The zero-order chi connectivity index (χ0) is 18.1. The molecule has 0 aliphatic rings. The third-order valence-electron chi connectivity index (χ3n) is 4.01. The zero-order valence-electron chi connectivity index (χ0n) is 13.5. The molecule has 0 saturated heterocycles. The molecule has 2 aromatic heterocycles. The van der Waals surface area contributed by atoms with Crippen molar-refractivity contribution in [3.63, 3.8) is 0 Å². The summed E-state index contributed by atoms with van der Waals surface area (Å²) >= 11 is 0. The van der Waals surface area contributed by atoms with Crippen LogP contribution in [0.1, 0.15) is 15.9 Å². The Labute approximate surface area is 147 Å². The summed E-state index contributed by atoms with van der Waals surface area (Å²) in [5.41, 5.74) is 2.86. The van der Waals surface area contributed by atoms with Crippen LogP contribution in [-0.4, -0.2) is 30.6 Å². The minimum Gasteiger partial charge on any atom is -0.478 e. The lowest BCUT2D eigenvalue weighted by Crippen LogP contribution is -2.00. The first kappa shape index (κ1) is 15.9. The largest absolute Gasteiger partial charge is 0.478 e. The Bertz CT molecular complexity index is 1110. The van der Waals surface area contributed by atoms with E-state index in [4.69, 9.17) is 0 Å². The first-order valence-corrected chi connectivity index (χ1v) is 7.84. The smallest absolute Gasteiger partial charge is 0.335 e. The van der Waals surface area contributed by atoms with Gasteiger partial charge in [0.1, 0.15) is 5.82 Å². The molecular formula is C19H13FN4O2. The molecule has 0 aliphatic heterocycles. The molecule has 0 aliphatic carbocycles. The van der Waals surface area contributed by atoms with E-state index < -0.39 is 11.8 Å². The Morgan fingerprint density at radius 3 is 2.69 bits per heavy atom. The van der Waals surface area contributed by atoms with Crippen molar-refractivity contribution in [2.75, 3.05) is 0 Å². The molecular weight excluding hydrogens is 335 g/mol. The summed E-state index contributed by atoms with van der Waals surface area (Å²) in [6, 6.07) is 7.58. The quantitative estimate of drug-likeness (QED) is 0.611. The highest BCUT2D eigenvalue weighted by Crippen LogP contribution is 2.29. The number of fused-ring (bicyclic) bond motifs is 1. The molecule has 0 spiro atoms. The molecule has 1 N–H and O–H groups in total. The molecule has 0 fully saturated rings. The van der Waals surface area contributed by atoms with Crippen molar-refractivity contribution < 1.29 is 14.3 Å². The van der Waals surface area contributed by atoms with E-state index in [1.807, 2.05) is 10.6 Å². The molecule has 7 heteroatoms. The average molecular weight is 348 g/mol. The molecule has 2 aromatic carbocycles. The van der Waals surface area contributed by atoms with E-state index in [0.29, 0.717) is 28.7 Å². The average Bonchev–Trinajstić information content (AvgIpc) is 3.13. The van der Waals surface area contributed by atoms with Gasteiger partial charge in [-0.1, -0.05) is 0 Å². The van der Waals surface area contributed by atoms with E-state index in [-0.39, 0.29) is 5.56 Å². The predicted octanol–water partition coefficient (Wildman–Crippen LogP) is 3.38. The van der Waals surface area contributed by atoms with Gasteiger partial charge in [0.25, 0.3) is 0 Å². The fourth-order valence-corrected chi connectivity index (χ4v) is 2.91. The van der Waals surface area contributed by atoms with Crippen LogP contribution >= 0.6 is 0 Å². The van der Waals surface area contributed by atoms with Gasteiger partial charge in [-0.05, 0) is 41.5 Å². The Hall–Kier alpha value is -3.61. The molecule has 2 heterocycles. The number of aromatic carboxylic acids is 1. The van der Waals surface area contributed by atoms with Gasteiger partial charge in [-0.15, -0.1) is 0 Å². The van der Waals surface area contributed by atoms with Crippen LogP contribution in [-0.2, 0) is 6.54 Å². The number of halogens is 1. The van der Waals surface area contributed by atoms with Gasteiger partial charge in [-0.2, -0.15) is 0 Å². The lowest BCUT2D eigenvalue weighted by atomic mass is 9.98. The highest BCUT2D eigenvalue weighted by molar-refractivity contribution is 5.99. The first-order valence-electron chi connectivity index (χ1n) is 7.84. The molecule has 0 bridgehead atoms. The lowest BCUT2D eigenvalue weighted by Gasteiger charge is -2.10. The van der Waals surface area contributed by atoms with Crippen LogP contribution in [0, 0.1) is 5.82 Å². The number of nitrogens with zero attached hydrogens (tertiary/aromatic N) is 4. The maximum atomic E-state index is 14.2. The summed E-state index contributed by atoms with van der Waals surface area (Å²) in [5, 5.41) is 9.36. The van der Waals surface area contributed by atoms with E-state index in [9.17, 15) is 14.3 Å². The molecule has 26 heavy (non-hydrogen) atoms. The molecule has 0 atom stereocenters. The maximum absolute atomic E-state index is 14.2. The van der Waals surface area contributed by atoms with Gasteiger partial charge in [0, 0.05) is 36.9 Å². The summed E-state index contributed by atoms with van der Waals surface area (Å²) in [4.78, 5) is 23.9. The number of carboxylic acid groups (broad SMARTS) is 1. The van der Waals surface area contributed by atoms with Crippen LogP contribution in [0.3, 0.4) is 0 Å². The minimum atomic E-state index is -1.08. The number of rotatable bonds is 4. The van der Waals surface area contributed by atoms with E-state index in [0.717, 1.165) is 5.56 Å². The Kier molecular flexibility index (Phi) is 3.89. The van der Waals surface area contributed by atoms with Crippen molar-refractivity contribution in [1.29, 1.82) is 0 Å². The van der Waals surface area contributed by atoms with Crippen LogP contribution in [0.4, 0.5) is 4.39 Å². The molecule has 0 radical (unpaired) electrons. The molecule has 128 valence electrons. The lowest BCUT2D eigenvalue weighted by molar-refractivity contribution is 0.0697. The minimum absolute atomic E-state index is 0.0772. The van der Waals surface area contributed by atoms with Crippen LogP contribution in [0.25, 0.3) is 22.2 Å². The number of carboxylic acids is 1. The summed E-state index contributed by atoms with van der Waals surface area (Å²) in [6.45, 7) is 0.451. The Morgan fingerprint density at radius 2 is 1.92 bits per heavy atom. The highest BCUT2D eigenvalue weighted by Gasteiger charge is 2.14. The molecule has 0 amide bonds. The summed E-state index contributed by atoms with van der Waals surface area (Å²) in [7, 11) is 0. The number of aromatic nitrogens is 4. The summed E-state index contributed by atoms with van der Waals surface area (Å²) < 4.78 is 16.0. The molecule has 4 aromatic rings.